The Kier molecular flexibility index (Phi) is 7.52. The second-order valence-electron chi connectivity index (χ2n) is 9.22. The number of ether oxygens (including phenoxy) is 1. The van der Waals surface area contributed by atoms with Crippen LogP contribution in [0.3, 0.4) is 0 Å². The normalized spacial score (nSPS) is 13.2. The summed E-state index contributed by atoms with van der Waals surface area (Å²) in [5, 5.41) is 5.02. The number of nitrogens with zero attached hydrogens (tertiary/aromatic N) is 2. The lowest BCUT2D eigenvalue weighted by Crippen LogP contribution is -2.13. The fourth-order valence-corrected chi connectivity index (χ4v) is 7.46. The zero-order chi connectivity index (χ0) is 25.3. The number of hydrogen-bond donors (Lipinski definition) is 1. The van der Waals surface area contributed by atoms with Gasteiger partial charge >= 0.3 is 7.60 Å². The molecule has 2 N–H and O–H groups in total. The molecule has 2 heterocycles. The number of primary amides is 1. The summed E-state index contributed by atoms with van der Waals surface area (Å²) in [7, 11) is -1.31. The van der Waals surface area contributed by atoms with Crippen molar-refractivity contribution in [2.45, 2.75) is 59.2 Å². The van der Waals surface area contributed by atoms with E-state index in [0.29, 0.717) is 28.3 Å². The van der Waals surface area contributed by atoms with Crippen LogP contribution in [0.2, 0.25) is 0 Å². The van der Waals surface area contributed by atoms with Crippen molar-refractivity contribution in [1.29, 1.82) is 0 Å². The van der Waals surface area contributed by atoms with E-state index in [1.54, 1.807) is 0 Å². The van der Waals surface area contributed by atoms with Crippen LogP contribution in [-0.4, -0.2) is 34.1 Å². The Hall–Kier alpha value is -2.45. The molecule has 2 aromatic heterocycles. The zero-order valence-electron chi connectivity index (χ0n) is 20.7. The monoisotopic (exact) mass is 517 g/mol. The Morgan fingerprint density at radius 2 is 1.80 bits per heavy atom. The molecule has 188 valence electrons. The number of thiophene rings is 1. The van der Waals surface area contributed by atoms with Crippen LogP contribution in [0.15, 0.2) is 30.5 Å². The summed E-state index contributed by atoms with van der Waals surface area (Å²) < 4.78 is 32.5. The highest BCUT2D eigenvalue weighted by atomic mass is 32.1. The zero-order valence-corrected chi connectivity index (χ0v) is 22.4. The number of nitrogens with two attached hydrogens (primary N) is 1. The summed E-state index contributed by atoms with van der Waals surface area (Å²) in [6.45, 7) is 7.40. The molecule has 3 aromatic rings. The third kappa shape index (κ3) is 5.70. The molecule has 1 aromatic carbocycles. The Morgan fingerprint density at radius 3 is 2.40 bits per heavy atom. The predicted molar refractivity (Wildman–Crippen MR) is 138 cm³/mol. The highest BCUT2D eigenvalue weighted by Gasteiger charge is 2.31. The van der Waals surface area contributed by atoms with E-state index in [4.69, 9.17) is 19.5 Å². The second kappa shape index (κ2) is 10.3. The minimum absolute atomic E-state index is 0.183. The molecule has 0 atom stereocenters. The Bertz CT molecular complexity index is 1250. The number of aromatic nitrogens is 2. The molecule has 4 rings (SSSR count). The van der Waals surface area contributed by atoms with Crippen LogP contribution in [-0.2, 0) is 39.9 Å². The maximum atomic E-state index is 13.1. The van der Waals surface area contributed by atoms with Crippen LogP contribution in [0, 0.1) is 0 Å². The maximum Gasteiger partial charge on any atom is 0.331 e. The van der Waals surface area contributed by atoms with Crippen LogP contribution < -0.4 is 10.5 Å². The Balaban J connectivity index is 1.54. The van der Waals surface area contributed by atoms with E-state index in [9.17, 15) is 9.36 Å². The third-order valence-corrected chi connectivity index (χ3v) is 9.03. The van der Waals surface area contributed by atoms with E-state index < -0.39 is 13.5 Å². The van der Waals surface area contributed by atoms with Gasteiger partial charge in [-0.2, -0.15) is 5.10 Å². The van der Waals surface area contributed by atoms with E-state index in [1.165, 1.54) is 11.3 Å². The van der Waals surface area contributed by atoms with Crippen molar-refractivity contribution >= 4 is 24.8 Å². The van der Waals surface area contributed by atoms with Gasteiger partial charge in [0.2, 0.25) is 0 Å². The highest BCUT2D eigenvalue weighted by Crippen LogP contribution is 2.51. The molecular weight excluding hydrogens is 485 g/mol. The average molecular weight is 518 g/mol. The summed E-state index contributed by atoms with van der Waals surface area (Å²) in [6, 6.07) is 7.62. The number of carbonyl (C=O) groups is 1. The fraction of sp³-hybridized carbons (Fsp3) is 0.440. The molecule has 0 saturated heterocycles. The van der Waals surface area contributed by atoms with E-state index in [1.807, 2.05) is 69.9 Å². The number of carbonyl (C=O) groups excluding carboxylic acids is 1. The largest absolute Gasteiger partial charge is 0.446 e. The van der Waals surface area contributed by atoms with Gasteiger partial charge < -0.3 is 19.5 Å². The maximum absolute atomic E-state index is 13.1. The minimum Gasteiger partial charge on any atom is -0.446 e. The number of aryl methyl sites for hydroxylation is 3. The van der Waals surface area contributed by atoms with Crippen LogP contribution in [0.25, 0.3) is 11.3 Å². The summed E-state index contributed by atoms with van der Waals surface area (Å²) in [5.41, 5.74) is 10.6. The number of fused-ring (bicyclic) bond motifs is 3. The Morgan fingerprint density at radius 1 is 1.14 bits per heavy atom. The van der Waals surface area contributed by atoms with Crippen LogP contribution in [0.1, 0.15) is 54.1 Å². The van der Waals surface area contributed by atoms with Crippen LogP contribution in [0.4, 0.5) is 0 Å². The first-order valence-corrected chi connectivity index (χ1v) is 14.3. The SMILES string of the molecule is CC(C)OP(=O)(CCc1ccc(Oc2sc(C(N)=O)c3c2-c2c(cnn2C)CC3)cc1)OC(C)C. The number of rotatable bonds is 10. The van der Waals surface area contributed by atoms with Gasteiger partial charge in [-0.1, -0.05) is 23.5 Å². The first-order valence-electron chi connectivity index (χ1n) is 11.8. The number of amides is 1. The summed E-state index contributed by atoms with van der Waals surface area (Å²) in [4.78, 5) is 12.6. The van der Waals surface area contributed by atoms with E-state index >= 15 is 0 Å². The molecule has 0 spiro atoms. The third-order valence-electron chi connectivity index (χ3n) is 5.65. The molecule has 0 radical (unpaired) electrons. The second-order valence-corrected chi connectivity index (χ2v) is 12.3. The summed E-state index contributed by atoms with van der Waals surface area (Å²) in [5.74, 6) is 0.196. The van der Waals surface area contributed by atoms with Gasteiger partial charge in [-0.05, 0) is 75.8 Å². The van der Waals surface area contributed by atoms with E-state index in [-0.39, 0.29) is 12.2 Å². The molecule has 0 bridgehead atoms. The lowest BCUT2D eigenvalue weighted by atomic mass is 9.91. The van der Waals surface area contributed by atoms with Crippen molar-refractivity contribution in [3.8, 4) is 22.1 Å². The molecule has 10 heteroatoms. The fourth-order valence-electron chi connectivity index (χ4n) is 4.31. The molecule has 0 fully saturated rings. The molecule has 0 saturated carbocycles. The van der Waals surface area contributed by atoms with Gasteiger partial charge in [-0.15, -0.1) is 0 Å². The topological polar surface area (TPSA) is 106 Å². The summed E-state index contributed by atoms with van der Waals surface area (Å²) >= 11 is 1.28. The quantitative estimate of drug-likeness (QED) is 0.345. The molecular formula is C25H32N3O5PS. The molecule has 1 aliphatic rings. The van der Waals surface area contributed by atoms with Crippen molar-refractivity contribution in [2.24, 2.45) is 12.8 Å². The predicted octanol–water partition coefficient (Wildman–Crippen LogP) is 5.72. The van der Waals surface area contributed by atoms with Gasteiger partial charge in [0.15, 0.2) is 5.06 Å². The summed E-state index contributed by atoms with van der Waals surface area (Å²) in [6.07, 6.45) is 3.88. The number of benzene rings is 1. The molecule has 35 heavy (non-hydrogen) atoms. The molecule has 0 unspecified atom stereocenters. The van der Waals surface area contributed by atoms with Gasteiger partial charge in [0, 0.05) is 7.05 Å². The molecule has 0 aliphatic heterocycles. The lowest BCUT2D eigenvalue weighted by molar-refractivity contribution is 0.100. The molecule has 1 aliphatic carbocycles. The first-order chi connectivity index (χ1) is 16.6. The first kappa shape index (κ1) is 25.6. The van der Waals surface area contributed by atoms with E-state index in [2.05, 4.69) is 5.10 Å². The van der Waals surface area contributed by atoms with E-state index in [0.717, 1.165) is 40.8 Å². The van der Waals surface area contributed by atoms with Crippen LogP contribution in [0.5, 0.6) is 10.8 Å². The minimum atomic E-state index is -3.20. The van der Waals surface area contributed by atoms with Gasteiger partial charge in [-0.25, -0.2) is 0 Å². The van der Waals surface area contributed by atoms with Gasteiger partial charge in [0.25, 0.3) is 5.91 Å². The average Bonchev–Trinajstić information content (AvgIpc) is 3.33. The standard InChI is InChI=1S/C25H32N3O5PS/c1-15(2)32-34(30,33-16(3)4)13-12-17-6-9-19(10-7-17)31-25-21-20(23(35-25)24(26)29)11-8-18-14-27-28(5)22(18)21/h6-7,9-10,14-16H,8,11-13H2,1-5H3,(H2,26,29). The highest BCUT2D eigenvalue weighted by molar-refractivity contribution is 7.53. The molecule has 1 amide bonds. The van der Waals surface area contributed by atoms with Gasteiger partial charge in [-0.3, -0.25) is 14.0 Å². The van der Waals surface area contributed by atoms with Crippen molar-refractivity contribution in [3.05, 3.63) is 52.0 Å². The lowest BCUT2D eigenvalue weighted by Gasteiger charge is -2.22. The van der Waals surface area contributed by atoms with Crippen LogP contribution >= 0.6 is 18.9 Å². The number of hydrogen-bond acceptors (Lipinski definition) is 7. The van der Waals surface area contributed by atoms with Gasteiger partial charge in [0.05, 0.1) is 40.7 Å². The Labute approximate surface area is 209 Å². The molecule has 8 nitrogen and oxygen atoms in total. The van der Waals surface area contributed by atoms with Crippen molar-refractivity contribution in [2.75, 3.05) is 6.16 Å². The smallest absolute Gasteiger partial charge is 0.331 e. The van der Waals surface area contributed by atoms with Crippen molar-refractivity contribution in [3.63, 3.8) is 0 Å². The van der Waals surface area contributed by atoms with Crippen molar-refractivity contribution in [1.82, 2.24) is 9.78 Å². The van der Waals surface area contributed by atoms with Crippen molar-refractivity contribution < 1.29 is 23.1 Å². The van der Waals surface area contributed by atoms with Gasteiger partial charge in [0.1, 0.15) is 5.75 Å².